The van der Waals surface area contributed by atoms with E-state index >= 15 is 0 Å². The number of aryl methyl sites for hydroxylation is 2. The van der Waals surface area contributed by atoms with Gasteiger partial charge in [0, 0.05) is 0 Å². The van der Waals surface area contributed by atoms with Crippen LogP contribution in [0, 0.1) is 19.7 Å². The second-order valence-corrected chi connectivity index (χ2v) is 6.81. The summed E-state index contributed by atoms with van der Waals surface area (Å²) in [4.78, 5) is 18.0. The van der Waals surface area contributed by atoms with Gasteiger partial charge in [-0.05, 0) is 61.4 Å². The van der Waals surface area contributed by atoms with Crippen LogP contribution < -0.4 is 5.56 Å². The molecule has 0 N–H and O–H groups in total. The van der Waals surface area contributed by atoms with Gasteiger partial charge in [0.25, 0.3) is 5.56 Å². The van der Waals surface area contributed by atoms with Crippen LogP contribution in [0.5, 0.6) is 0 Å². The molecule has 138 valence electrons. The first-order valence-electron chi connectivity index (χ1n) is 9.06. The van der Waals surface area contributed by atoms with Gasteiger partial charge in [-0.25, -0.2) is 9.37 Å². The average Bonchev–Trinajstić information content (AvgIpc) is 2.68. The molecule has 4 aromatic rings. The Morgan fingerprint density at radius 2 is 1.75 bits per heavy atom. The van der Waals surface area contributed by atoms with E-state index in [9.17, 15) is 9.18 Å². The molecule has 1 aromatic heterocycles. The summed E-state index contributed by atoms with van der Waals surface area (Å²) in [5, 5.41) is 0.561. The Labute approximate surface area is 162 Å². The van der Waals surface area contributed by atoms with Crippen LogP contribution in [0.3, 0.4) is 0 Å². The first-order valence-corrected chi connectivity index (χ1v) is 9.06. The van der Waals surface area contributed by atoms with E-state index in [0.717, 1.165) is 16.8 Å². The molecule has 3 nitrogen and oxygen atoms in total. The minimum absolute atomic E-state index is 0.128. The number of nitrogens with zero attached hydrogens (tertiary/aromatic N) is 2. The van der Waals surface area contributed by atoms with Crippen molar-refractivity contribution in [3.8, 4) is 5.69 Å². The standard InChI is InChI=1S/C24H19FN2O/c1-16-10-12-22(17(2)14-16)27-23(13-11-18-6-5-7-19(25)15-18)26-21-9-4-3-8-20(21)24(27)28/h3-15H,1-2H3. The van der Waals surface area contributed by atoms with Crippen LogP contribution in [0.15, 0.2) is 71.5 Å². The van der Waals surface area contributed by atoms with Crippen molar-refractivity contribution in [2.75, 3.05) is 0 Å². The fraction of sp³-hybridized carbons (Fsp3) is 0.0833. The van der Waals surface area contributed by atoms with Gasteiger partial charge in [-0.15, -0.1) is 0 Å². The maximum absolute atomic E-state index is 13.5. The summed E-state index contributed by atoms with van der Waals surface area (Å²) in [6.45, 7) is 3.99. The summed E-state index contributed by atoms with van der Waals surface area (Å²) in [5.74, 6) is 0.195. The molecule has 0 amide bonds. The Bertz CT molecular complexity index is 1270. The van der Waals surface area contributed by atoms with Gasteiger partial charge in [0.1, 0.15) is 11.6 Å². The predicted octanol–water partition coefficient (Wildman–Crippen LogP) is 5.31. The Morgan fingerprint density at radius 1 is 0.929 bits per heavy atom. The molecule has 0 saturated carbocycles. The van der Waals surface area contributed by atoms with Crippen molar-refractivity contribution in [3.05, 3.63) is 105 Å². The molecule has 0 atom stereocenters. The van der Waals surface area contributed by atoms with E-state index in [-0.39, 0.29) is 11.4 Å². The van der Waals surface area contributed by atoms with E-state index in [1.165, 1.54) is 12.1 Å². The van der Waals surface area contributed by atoms with Crippen molar-refractivity contribution in [3.63, 3.8) is 0 Å². The molecule has 4 heteroatoms. The second kappa shape index (κ2) is 7.24. The maximum atomic E-state index is 13.5. The average molecular weight is 370 g/mol. The monoisotopic (exact) mass is 370 g/mol. The number of fused-ring (bicyclic) bond motifs is 1. The van der Waals surface area contributed by atoms with E-state index in [1.54, 1.807) is 34.9 Å². The van der Waals surface area contributed by atoms with Crippen LogP contribution in [0.4, 0.5) is 4.39 Å². The molecule has 0 aliphatic carbocycles. The van der Waals surface area contributed by atoms with Crippen molar-refractivity contribution in [1.29, 1.82) is 0 Å². The van der Waals surface area contributed by atoms with Crippen molar-refractivity contribution in [1.82, 2.24) is 9.55 Å². The number of hydrogen-bond acceptors (Lipinski definition) is 2. The van der Waals surface area contributed by atoms with Crippen LogP contribution in [0.25, 0.3) is 28.7 Å². The molecular weight excluding hydrogens is 351 g/mol. The van der Waals surface area contributed by atoms with E-state index in [4.69, 9.17) is 4.98 Å². The summed E-state index contributed by atoms with van der Waals surface area (Å²) in [5.41, 5.74) is 4.10. The molecule has 0 aliphatic heterocycles. The van der Waals surface area contributed by atoms with Crippen molar-refractivity contribution in [2.45, 2.75) is 13.8 Å². The summed E-state index contributed by atoms with van der Waals surface area (Å²) in [6, 6.07) is 19.5. The lowest BCUT2D eigenvalue weighted by atomic mass is 10.1. The third-order valence-corrected chi connectivity index (χ3v) is 4.67. The third kappa shape index (κ3) is 3.37. The summed E-state index contributed by atoms with van der Waals surface area (Å²) in [6.07, 6.45) is 3.52. The first-order chi connectivity index (χ1) is 13.5. The predicted molar refractivity (Wildman–Crippen MR) is 112 cm³/mol. The Kier molecular flexibility index (Phi) is 4.62. The number of hydrogen-bond donors (Lipinski definition) is 0. The minimum atomic E-state index is -0.305. The molecule has 1 heterocycles. The van der Waals surface area contributed by atoms with Gasteiger partial charge in [0.2, 0.25) is 0 Å². The Balaban J connectivity index is 1.97. The zero-order valence-corrected chi connectivity index (χ0v) is 15.7. The van der Waals surface area contributed by atoms with Gasteiger partial charge in [-0.1, -0.05) is 48.0 Å². The number of benzene rings is 3. The van der Waals surface area contributed by atoms with Gasteiger partial charge in [0.15, 0.2) is 0 Å². The molecule has 0 unspecified atom stereocenters. The smallest absolute Gasteiger partial charge is 0.266 e. The molecule has 0 bridgehead atoms. The number of para-hydroxylation sites is 1. The highest BCUT2D eigenvalue weighted by atomic mass is 19.1. The van der Waals surface area contributed by atoms with Crippen molar-refractivity contribution in [2.24, 2.45) is 0 Å². The highest BCUT2D eigenvalue weighted by Crippen LogP contribution is 2.19. The lowest BCUT2D eigenvalue weighted by Gasteiger charge is -2.14. The molecule has 0 radical (unpaired) electrons. The van der Waals surface area contributed by atoms with Crippen LogP contribution in [0.1, 0.15) is 22.5 Å². The fourth-order valence-corrected chi connectivity index (χ4v) is 3.33. The number of halogens is 1. The quantitative estimate of drug-likeness (QED) is 0.490. The largest absolute Gasteiger partial charge is 0.268 e. The summed E-state index contributed by atoms with van der Waals surface area (Å²) in [7, 11) is 0. The van der Waals surface area contributed by atoms with E-state index in [1.807, 2.05) is 50.2 Å². The normalized spacial score (nSPS) is 11.4. The van der Waals surface area contributed by atoms with Crippen LogP contribution in [-0.4, -0.2) is 9.55 Å². The van der Waals surface area contributed by atoms with Crippen LogP contribution in [-0.2, 0) is 0 Å². The van der Waals surface area contributed by atoms with Gasteiger partial charge >= 0.3 is 0 Å². The highest BCUT2D eigenvalue weighted by molar-refractivity contribution is 5.80. The third-order valence-electron chi connectivity index (χ3n) is 4.67. The van der Waals surface area contributed by atoms with Gasteiger partial charge in [-0.2, -0.15) is 0 Å². The lowest BCUT2D eigenvalue weighted by Crippen LogP contribution is -2.23. The molecule has 3 aromatic carbocycles. The van der Waals surface area contributed by atoms with Crippen LogP contribution in [0.2, 0.25) is 0 Å². The SMILES string of the molecule is Cc1ccc(-n2c(C=Cc3cccc(F)c3)nc3ccccc3c2=O)c(C)c1. The molecule has 4 rings (SSSR count). The molecule has 0 fully saturated rings. The summed E-state index contributed by atoms with van der Waals surface area (Å²) < 4.78 is 15.1. The highest BCUT2D eigenvalue weighted by Gasteiger charge is 2.12. The van der Waals surface area contributed by atoms with Crippen LogP contribution >= 0.6 is 0 Å². The van der Waals surface area contributed by atoms with E-state index in [0.29, 0.717) is 22.3 Å². The minimum Gasteiger partial charge on any atom is -0.268 e. The van der Waals surface area contributed by atoms with E-state index in [2.05, 4.69) is 0 Å². The van der Waals surface area contributed by atoms with Gasteiger partial charge in [-0.3, -0.25) is 9.36 Å². The molecule has 0 aliphatic rings. The second-order valence-electron chi connectivity index (χ2n) is 6.81. The number of aromatic nitrogens is 2. The van der Waals surface area contributed by atoms with Gasteiger partial charge < -0.3 is 0 Å². The fourth-order valence-electron chi connectivity index (χ4n) is 3.33. The first kappa shape index (κ1) is 17.9. The lowest BCUT2D eigenvalue weighted by molar-refractivity contribution is 0.627. The van der Waals surface area contributed by atoms with E-state index < -0.39 is 0 Å². The summed E-state index contributed by atoms with van der Waals surface area (Å²) >= 11 is 0. The van der Waals surface area contributed by atoms with Gasteiger partial charge in [0.05, 0.1) is 16.6 Å². The Morgan fingerprint density at radius 3 is 2.54 bits per heavy atom. The van der Waals surface area contributed by atoms with Crippen molar-refractivity contribution >= 4 is 23.1 Å². The Hall–Kier alpha value is -3.53. The topological polar surface area (TPSA) is 34.9 Å². The molecule has 0 saturated heterocycles. The molecule has 28 heavy (non-hydrogen) atoms. The zero-order valence-electron chi connectivity index (χ0n) is 15.7. The molecule has 0 spiro atoms. The maximum Gasteiger partial charge on any atom is 0.266 e. The zero-order chi connectivity index (χ0) is 19.7. The van der Waals surface area contributed by atoms with Crippen molar-refractivity contribution < 1.29 is 4.39 Å². The number of rotatable bonds is 3. The molecular formula is C24H19FN2O.